The number of anilines is 2. The van der Waals surface area contributed by atoms with E-state index in [0.29, 0.717) is 16.5 Å². The first kappa shape index (κ1) is 10.8. The first-order chi connectivity index (χ1) is 7.75. The largest absolute Gasteiger partial charge is 0.397 e. The van der Waals surface area contributed by atoms with Crippen molar-refractivity contribution < 1.29 is 0 Å². The van der Waals surface area contributed by atoms with Crippen LogP contribution in [0.25, 0.3) is 0 Å². The van der Waals surface area contributed by atoms with Crippen LogP contribution >= 0.6 is 11.6 Å². The lowest BCUT2D eigenvalue weighted by atomic mass is 10.4. The van der Waals surface area contributed by atoms with Crippen molar-refractivity contribution in [1.82, 2.24) is 14.5 Å². The Morgan fingerprint density at radius 1 is 1.50 bits per heavy atom. The number of nitrogens with one attached hydrogen (secondary N) is 1. The Bertz CT molecular complexity index is 454. The summed E-state index contributed by atoms with van der Waals surface area (Å²) in [7, 11) is 0. The van der Waals surface area contributed by atoms with Gasteiger partial charge in [0.25, 0.3) is 0 Å². The lowest BCUT2D eigenvalue weighted by Gasteiger charge is -2.07. The maximum absolute atomic E-state index is 5.97. The highest BCUT2D eigenvalue weighted by atomic mass is 35.5. The molecule has 2 heterocycles. The summed E-state index contributed by atoms with van der Waals surface area (Å²) in [5.74, 6) is 0.649. The zero-order valence-electron chi connectivity index (χ0n) is 8.60. The van der Waals surface area contributed by atoms with E-state index in [1.54, 1.807) is 24.8 Å². The molecule has 0 amide bonds. The van der Waals surface area contributed by atoms with Gasteiger partial charge in [-0.3, -0.25) is 0 Å². The number of nitrogens with two attached hydrogens (primary N) is 1. The average Bonchev–Trinajstić information content (AvgIpc) is 2.74. The molecule has 6 heteroatoms. The van der Waals surface area contributed by atoms with Gasteiger partial charge in [-0.1, -0.05) is 11.6 Å². The van der Waals surface area contributed by atoms with Gasteiger partial charge in [-0.05, 0) is 6.07 Å². The monoisotopic (exact) mass is 237 g/mol. The molecule has 0 bridgehead atoms. The third-order valence-electron chi connectivity index (χ3n) is 2.08. The Balaban J connectivity index is 1.90. The molecule has 5 nitrogen and oxygen atoms in total. The number of imidazole rings is 1. The SMILES string of the molecule is Nc1cnc(NCCn2ccnc2)c(Cl)c1. The molecular formula is C10H12ClN5. The van der Waals surface area contributed by atoms with E-state index in [9.17, 15) is 0 Å². The summed E-state index contributed by atoms with van der Waals surface area (Å²) in [4.78, 5) is 8.06. The minimum absolute atomic E-state index is 0.533. The summed E-state index contributed by atoms with van der Waals surface area (Å²) >= 11 is 5.97. The van der Waals surface area contributed by atoms with Crippen molar-refractivity contribution >= 4 is 23.1 Å². The van der Waals surface area contributed by atoms with Gasteiger partial charge >= 0.3 is 0 Å². The Kier molecular flexibility index (Phi) is 3.26. The Morgan fingerprint density at radius 2 is 2.38 bits per heavy atom. The number of nitrogens with zero attached hydrogens (tertiary/aromatic N) is 3. The molecule has 0 unspecified atom stereocenters. The van der Waals surface area contributed by atoms with Gasteiger partial charge in [-0.15, -0.1) is 0 Å². The lowest BCUT2D eigenvalue weighted by molar-refractivity contribution is 0.725. The van der Waals surface area contributed by atoms with Crippen LogP contribution in [0.3, 0.4) is 0 Å². The van der Waals surface area contributed by atoms with Crippen LogP contribution in [0, 0.1) is 0 Å². The number of rotatable bonds is 4. The fraction of sp³-hybridized carbons (Fsp3) is 0.200. The van der Waals surface area contributed by atoms with Crippen LogP contribution in [0.2, 0.25) is 5.02 Å². The number of hydrogen-bond acceptors (Lipinski definition) is 4. The fourth-order valence-corrected chi connectivity index (χ4v) is 1.55. The van der Waals surface area contributed by atoms with Crippen molar-refractivity contribution in [2.75, 3.05) is 17.6 Å². The Morgan fingerprint density at radius 3 is 3.06 bits per heavy atom. The fourth-order valence-electron chi connectivity index (χ4n) is 1.31. The number of hydrogen-bond donors (Lipinski definition) is 2. The van der Waals surface area contributed by atoms with Gasteiger partial charge in [0.1, 0.15) is 5.82 Å². The molecule has 0 fully saturated rings. The Labute approximate surface area is 98.3 Å². The predicted octanol–water partition coefficient (Wildman–Crippen LogP) is 1.63. The van der Waals surface area contributed by atoms with Gasteiger partial charge in [-0.25, -0.2) is 9.97 Å². The van der Waals surface area contributed by atoms with Crippen LogP contribution in [0.4, 0.5) is 11.5 Å². The van der Waals surface area contributed by atoms with E-state index in [1.165, 1.54) is 0 Å². The van der Waals surface area contributed by atoms with Crippen LogP contribution in [0.1, 0.15) is 0 Å². The third kappa shape index (κ3) is 2.64. The summed E-state index contributed by atoms with van der Waals surface area (Å²) in [6.45, 7) is 1.54. The van der Waals surface area contributed by atoms with E-state index in [1.807, 2.05) is 10.8 Å². The van der Waals surface area contributed by atoms with E-state index in [4.69, 9.17) is 17.3 Å². The smallest absolute Gasteiger partial charge is 0.144 e. The van der Waals surface area contributed by atoms with Crippen molar-refractivity contribution in [1.29, 1.82) is 0 Å². The summed E-state index contributed by atoms with van der Waals surface area (Å²) < 4.78 is 1.97. The molecule has 2 aromatic heterocycles. The second-order valence-corrected chi connectivity index (χ2v) is 3.73. The van der Waals surface area contributed by atoms with Crippen LogP contribution in [-0.4, -0.2) is 21.1 Å². The maximum Gasteiger partial charge on any atom is 0.144 e. The van der Waals surface area contributed by atoms with Gasteiger partial charge < -0.3 is 15.6 Å². The van der Waals surface area contributed by atoms with Gasteiger partial charge in [0.15, 0.2) is 0 Å². The Hall–Kier alpha value is -1.75. The molecule has 0 aliphatic rings. The van der Waals surface area contributed by atoms with Crippen LogP contribution in [0.5, 0.6) is 0 Å². The lowest BCUT2D eigenvalue weighted by Crippen LogP contribution is -2.10. The molecule has 0 aliphatic heterocycles. The number of halogens is 1. The molecule has 0 atom stereocenters. The minimum atomic E-state index is 0.533. The number of nitrogen functional groups attached to an aromatic ring is 1. The molecule has 0 aromatic carbocycles. The summed E-state index contributed by atoms with van der Waals surface area (Å²) in [6, 6.07) is 1.67. The minimum Gasteiger partial charge on any atom is -0.397 e. The van der Waals surface area contributed by atoms with Crippen LogP contribution in [0.15, 0.2) is 31.0 Å². The van der Waals surface area contributed by atoms with E-state index in [0.717, 1.165) is 13.1 Å². The van der Waals surface area contributed by atoms with Gasteiger partial charge in [0.05, 0.1) is 23.2 Å². The molecule has 2 rings (SSSR count). The second-order valence-electron chi connectivity index (χ2n) is 3.33. The van der Waals surface area contributed by atoms with Gasteiger partial charge in [0, 0.05) is 25.5 Å². The van der Waals surface area contributed by atoms with Crippen molar-refractivity contribution in [3.05, 3.63) is 36.0 Å². The maximum atomic E-state index is 5.97. The van der Waals surface area contributed by atoms with Gasteiger partial charge in [0.2, 0.25) is 0 Å². The molecule has 0 saturated heterocycles. The summed E-state index contributed by atoms with van der Waals surface area (Å²) in [5.41, 5.74) is 6.11. The van der Waals surface area contributed by atoms with E-state index in [-0.39, 0.29) is 0 Å². The molecule has 3 N–H and O–H groups in total. The van der Waals surface area contributed by atoms with Crippen LogP contribution in [-0.2, 0) is 6.54 Å². The van der Waals surface area contributed by atoms with Crippen molar-refractivity contribution in [3.63, 3.8) is 0 Å². The normalized spacial score (nSPS) is 10.3. The highest BCUT2D eigenvalue weighted by molar-refractivity contribution is 6.33. The number of aromatic nitrogens is 3. The van der Waals surface area contributed by atoms with E-state index < -0.39 is 0 Å². The quantitative estimate of drug-likeness (QED) is 0.848. The molecule has 84 valence electrons. The topological polar surface area (TPSA) is 68.8 Å². The zero-order chi connectivity index (χ0) is 11.4. The van der Waals surface area contributed by atoms with E-state index >= 15 is 0 Å². The molecule has 2 aromatic rings. The molecular weight excluding hydrogens is 226 g/mol. The molecule has 0 saturated carbocycles. The highest BCUT2D eigenvalue weighted by Crippen LogP contribution is 2.20. The molecule has 16 heavy (non-hydrogen) atoms. The first-order valence-electron chi connectivity index (χ1n) is 4.86. The molecule has 0 radical (unpaired) electrons. The second kappa shape index (κ2) is 4.85. The van der Waals surface area contributed by atoms with Crippen LogP contribution < -0.4 is 11.1 Å². The van der Waals surface area contributed by atoms with E-state index in [2.05, 4.69) is 15.3 Å². The third-order valence-corrected chi connectivity index (χ3v) is 2.37. The van der Waals surface area contributed by atoms with Crippen molar-refractivity contribution in [2.24, 2.45) is 0 Å². The first-order valence-corrected chi connectivity index (χ1v) is 5.24. The highest BCUT2D eigenvalue weighted by Gasteiger charge is 2.01. The predicted molar refractivity (Wildman–Crippen MR) is 64.4 cm³/mol. The van der Waals surface area contributed by atoms with Crippen molar-refractivity contribution in [2.45, 2.75) is 6.54 Å². The molecule has 0 aliphatic carbocycles. The molecule has 0 spiro atoms. The van der Waals surface area contributed by atoms with Gasteiger partial charge in [-0.2, -0.15) is 0 Å². The standard InChI is InChI=1S/C10H12ClN5/c11-9-5-8(12)6-15-10(9)14-2-4-16-3-1-13-7-16/h1,3,5-7H,2,4,12H2,(H,14,15). The van der Waals surface area contributed by atoms with Crippen molar-refractivity contribution in [3.8, 4) is 0 Å². The average molecular weight is 238 g/mol. The summed E-state index contributed by atoms with van der Waals surface area (Å²) in [6.07, 6.45) is 6.99. The zero-order valence-corrected chi connectivity index (χ0v) is 9.35. The number of pyridine rings is 1. The summed E-state index contributed by atoms with van der Waals surface area (Å²) in [5, 5.41) is 3.66.